The summed E-state index contributed by atoms with van der Waals surface area (Å²) >= 11 is 0. The van der Waals surface area contributed by atoms with Crippen LogP contribution in [0, 0.1) is 6.92 Å². The highest BCUT2D eigenvalue weighted by atomic mass is 16.5. The van der Waals surface area contributed by atoms with Crippen LogP contribution in [0.2, 0.25) is 0 Å². The van der Waals surface area contributed by atoms with Gasteiger partial charge in [0.25, 0.3) is 5.91 Å². The van der Waals surface area contributed by atoms with Crippen molar-refractivity contribution < 1.29 is 14.3 Å². The van der Waals surface area contributed by atoms with Gasteiger partial charge in [0.05, 0.1) is 6.61 Å². The first-order valence-electron chi connectivity index (χ1n) is 10.8. The molecular weight excluding hydrogens is 378 g/mol. The van der Waals surface area contributed by atoms with Crippen molar-refractivity contribution in [2.45, 2.75) is 27.2 Å². The van der Waals surface area contributed by atoms with Crippen LogP contribution in [0.1, 0.15) is 25.8 Å². The molecule has 0 unspecified atom stereocenters. The fraction of sp³-hybridized carbons (Fsp3) is 0.458. The number of piperazine rings is 1. The molecule has 1 aliphatic heterocycles. The number of carbonyl (C=O) groups is 1. The minimum absolute atomic E-state index is 0.0324. The second-order valence-electron chi connectivity index (χ2n) is 7.58. The molecule has 1 saturated heterocycles. The third-order valence-corrected chi connectivity index (χ3v) is 5.34. The predicted molar refractivity (Wildman–Crippen MR) is 122 cm³/mol. The van der Waals surface area contributed by atoms with Crippen molar-refractivity contribution in [3.63, 3.8) is 0 Å². The molecule has 2 aromatic rings. The normalized spacial score (nSPS) is 14.4. The predicted octanol–water partition coefficient (Wildman–Crippen LogP) is 3.94. The van der Waals surface area contributed by atoms with Gasteiger partial charge >= 0.3 is 0 Å². The van der Waals surface area contributed by atoms with E-state index >= 15 is 0 Å². The van der Waals surface area contributed by atoms with Gasteiger partial charge in [-0.05, 0) is 67.9 Å². The number of hydrogen-bond donors (Lipinski definition) is 1. The molecule has 1 amide bonds. The number of amides is 1. The van der Waals surface area contributed by atoms with E-state index in [1.165, 1.54) is 5.69 Å². The molecule has 162 valence electrons. The van der Waals surface area contributed by atoms with Crippen LogP contribution in [-0.2, 0) is 4.79 Å². The minimum Gasteiger partial charge on any atom is -0.494 e. The van der Waals surface area contributed by atoms with E-state index in [1.807, 2.05) is 37.3 Å². The van der Waals surface area contributed by atoms with Gasteiger partial charge in [0.1, 0.15) is 11.5 Å². The van der Waals surface area contributed by atoms with Gasteiger partial charge < -0.3 is 24.6 Å². The third kappa shape index (κ3) is 6.13. The summed E-state index contributed by atoms with van der Waals surface area (Å²) in [6, 6.07) is 13.5. The van der Waals surface area contributed by atoms with Gasteiger partial charge in [-0.25, -0.2) is 0 Å². The lowest BCUT2D eigenvalue weighted by molar-refractivity contribution is -0.118. The van der Waals surface area contributed by atoms with Crippen LogP contribution in [0.25, 0.3) is 0 Å². The Labute approximate surface area is 179 Å². The van der Waals surface area contributed by atoms with Gasteiger partial charge in [0.2, 0.25) is 0 Å². The Hall–Kier alpha value is -2.73. The highest BCUT2D eigenvalue weighted by Crippen LogP contribution is 2.24. The molecule has 0 bridgehead atoms. The first kappa shape index (κ1) is 22.0. The molecule has 3 rings (SSSR count). The molecule has 0 spiro atoms. The van der Waals surface area contributed by atoms with Crippen molar-refractivity contribution >= 4 is 17.3 Å². The van der Waals surface area contributed by atoms with Crippen molar-refractivity contribution in [1.29, 1.82) is 0 Å². The van der Waals surface area contributed by atoms with E-state index < -0.39 is 0 Å². The summed E-state index contributed by atoms with van der Waals surface area (Å²) in [5.41, 5.74) is 3.09. The minimum atomic E-state index is -0.172. The average Bonchev–Trinajstić information content (AvgIpc) is 2.78. The molecule has 0 atom stereocenters. The first-order valence-corrected chi connectivity index (χ1v) is 10.8. The van der Waals surface area contributed by atoms with E-state index in [2.05, 4.69) is 41.1 Å². The molecule has 1 aliphatic rings. The van der Waals surface area contributed by atoms with Crippen molar-refractivity contribution in [2.75, 3.05) is 56.2 Å². The average molecular weight is 412 g/mol. The molecular formula is C24H33N3O3. The van der Waals surface area contributed by atoms with Gasteiger partial charge in [-0.1, -0.05) is 13.8 Å². The number of aryl methyl sites for hydroxylation is 1. The Balaban J connectivity index is 1.49. The number of carbonyl (C=O) groups excluding carboxylic acids is 1. The van der Waals surface area contributed by atoms with Crippen LogP contribution in [0.4, 0.5) is 11.4 Å². The molecule has 0 saturated carbocycles. The summed E-state index contributed by atoms with van der Waals surface area (Å²) in [7, 11) is 0. The summed E-state index contributed by atoms with van der Waals surface area (Å²) in [6.45, 7) is 12.3. The van der Waals surface area contributed by atoms with E-state index in [9.17, 15) is 4.79 Å². The number of likely N-dealkylation sites (N-methyl/N-ethyl adjacent to an activating group) is 1. The number of anilines is 2. The Morgan fingerprint density at radius 3 is 2.23 bits per heavy atom. The molecule has 0 aliphatic carbocycles. The van der Waals surface area contributed by atoms with E-state index in [4.69, 9.17) is 9.47 Å². The molecule has 6 nitrogen and oxygen atoms in total. The van der Waals surface area contributed by atoms with Gasteiger partial charge in [-0.2, -0.15) is 0 Å². The number of nitrogens with zero attached hydrogens (tertiary/aromatic N) is 2. The second kappa shape index (κ2) is 10.9. The number of nitrogens with one attached hydrogen (secondary N) is 1. The van der Waals surface area contributed by atoms with E-state index in [0.717, 1.165) is 56.1 Å². The quantitative estimate of drug-likeness (QED) is 0.677. The van der Waals surface area contributed by atoms with Gasteiger partial charge in [-0.3, -0.25) is 4.79 Å². The Morgan fingerprint density at radius 1 is 0.967 bits per heavy atom. The Kier molecular flexibility index (Phi) is 7.97. The zero-order valence-electron chi connectivity index (χ0n) is 18.3. The molecule has 6 heteroatoms. The molecule has 0 aromatic heterocycles. The summed E-state index contributed by atoms with van der Waals surface area (Å²) in [6.07, 6.45) is 0.967. The van der Waals surface area contributed by atoms with Gasteiger partial charge in [0, 0.05) is 37.6 Å². The van der Waals surface area contributed by atoms with Crippen molar-refractivity contribution in [3.05, 3.63) is 48.0 Å². The highest BCUT2D eigenvalue weighted by molar-refractivity contribution is 5.92. The number of rotatable bonds is 9. The second-order valence-corrected chi connectivity index (χ2v) is 7.58. The lowest BCUT2D eigenvalue weighted by atomic mass is 10.1. The number of benzene rings is 2. The van der Waals surface area contributed by atoms with Gasteiger partial charge in [-0.15, -0.1) is 0 Å². The molecule has 1 heterocycles. The zero-order valence-corrected chi connectivity index (χ0v) is 18.3. The molecule has 2 aromatic carbocycles. The summed E-state index contributed by atoms with van der Waals surface area (Å²) in [5, 5.41) is 2.95. The maximum absolute atomic E-state index is 12.3. The lowest BCUT2D eigenvalue weighted by Crippen LogP contribution is -2.46. The summed E-state index contributed by atoms with van der Waals surface area (Å²) < 4.78 is 11.2. The molecule has 1 fully saturated rings. The van der Waals surface area contributed by atoms with Crippen LogP contribution in [0.15, 0.2) is 42.5 Å². The topological polar surface area (TPSA) is 54.0 Å². The fourth-order valence-corrected chi connectivity index (χ4v) is 3.49. The standard InChI is InChI=1S/C24H33N3O3/c1-4-16-29-21-7-9-22(10-8-21)30-18-24(28)25-23-11-6-20(17-19(23)3)27-14-12-26(5-2)13-15-27/h6-11,17H,4-5,12-16,18H2,1-3H3,(H,25,28). The Morgan fingerprint density at radius 2 is 1.63 bits per heavy atom. The van der Waals surface area contributed by atoms with E-state index in [1.54, 1.807) is 0 Å². The zero-order chi connectivity index (χ0) is 21.3. The van der Waals surface area contributed by atoms with Crippen LogP contribution in [0.3, 0.4) is 0 Å². The van der Waals surface area contributed by atoms with Crippen LogP contribution >= 0.6 is 0 Å². The monoisotopic (exact) mass is 411 g/mol. The fourth-order valence-electron chi connectivity index (χ4n) is 3.49. The van der Waals surface area contributed by atoms with Crippen molar-refractivity contribution in [1.82, 2.24) is 4.90 Å². The SMILES string of the molecule is CCCOc1ccc(OCC(=O)Nc2ccc(N3CCN(CC)CC3)cc2C)cc1. The smallest absolute Gasteiger partial charge is 0.262 e. The highest BCUT2D eigenvalue weighted by Gasteiger charge is 2.16. The first-order chi connectivity index (χ1) is 14.6. The van der Waals surface area contributed by atoms with E-state index in [0.29, 0.717) is 12.4 Å². The third-order valence-electron chi connectivity index (χ3n) is 5.34. The van der Waals surface area contributed by atoms with Gasteiger partial charge in [0.15, 0.2) is 6.61 Å². The van der Waals surface area contributed by atoms with Crippen molar-refractivity contribution in [2.24, 2.45) is 0 Å². The van der Waals surface area contributed by atoms with Crippen LogP contribution in [-0.4, -0.2) is 56.7 Å². The summed E-state index contributed by atoms with van der Waals surface area (Å²) in [5.74, 6) is 1.28. The Bertz CT molecular complexity index is 815. The summed E-state index contributed by atoms with van der Waals surface area (Å²) in [4.78, 5) is 17.2. The van der Waals surface area contributed by atoms with E-state index in [-0.39, 0.29) is 12.5 Å². The number of hydrogen-bond acceptors (Lipinski definition) is 5. The van der Waals surface area contributed by atoms with Crippen LogP contribution in [0.5, 0.6) is 11.5 Å². The lowest BCUT2D eigenvalue weighted by Gasteiger charge is -2.35. The molecule has 0 radical (unpaired) electrons. The molecule has 30 heavy (non-hydrogen) atoms. The van der Waals surface area contributed by atoms with Crippen molar-refractivity contribution in [3.8, 4) is 11.5 Å². The van der Waals surface area contributed by atoms with Crippen LogP contribution < -0.4 is 19.7 Å². The molecule has 1 N–H and O–H groups in total. The largest absolute Gasteiger partial charge is 0.494 e. The maximum Gasteiger partial charge on any atom is 0.262 e. The maximum atomic E-state index is 12.3. The number of ether oxygens (including phenoxy) is 2.